The summed E-state index contributed by atoms with van der Waals surface area (Å²) >= 11 is 0. The molecule has 3 saturated heterocycles. The lowest BCUT2D eigenvalue weighted by atomic mass is 9.77. The zero-order valence-electron chi connectivity index (χ0n) is 16.9. The molecule has 0 bridgehead atoms. The summed E-state index contributed by atoms with van der Waals surface area (Å²) in [6, 6.07) is 0.0773. The molecule has 0 aromatic heterocycles. The maximum Gasteiger partial charge on any atom is 0.230 e. The van der Waals surface area contributed by atoms with Crippen molar-refractivity contribution in [3.05, 3.63) is 0 Å². The smallest absolute Gasteiger partial charge is 0.230 e. The van der Waals surface area contributed by atoms with Crippen LogP contribution in [0.2, 0.25) is 0 Å². The van der Waals surface area contributed by atoms with Gasteiger partial charge in [-0.05, 0) is 53.4 Å². The first-order valence-electron chi connectivity index (χ1n) is 10.1. The molecule has 2 N–H and O–H groups in total. The summed E-state index contributed by atoms with van der Waals surface area (Å²) in [6.45, 7) is 10.1. The molecule has 1 saturated carbocycles. The molecule has 7 nitrogen and oxygen atoms in total. The van der Waals surface area contributed by atoms with Gasteiger partial charge in [0.2, 0.25) is 15.9 Å². The number of amides is 1. The van der Waals surface area contributed by atoms with E-state index in [1.165, 1.54) is 0 Å². The fourth-order valence-corrected chi connectivity index (χ4v) is 7.49. The van der Waals surface area contributed by atoms with Crippen LogP contribution >= 0.6 is 0 Å². The van der Waals surface area contributed by atoms with E-state index in [0.29, 0.717) is 19.8 Å². The molecule has 4 rings (SSSR count). The highest BCUT2D eigenvalue weighted by Gasteiger charge is 2.59. The van der Waals surface area contributed by atoms with Gasteiger partial charge in [-0.1, -0.05) is 0 Å². The predicted octanol–water partition coefficient (Wildman–Crippen LogP) is 0.852. The molecular weight excluding hydrogens is 366 g/mol. The number of ether oxygens (including phenoxy) is 1. The minimum Gasteiger partial charge on any atom is -0.380 e. The summed E-state index contributed by atoms with van der Waals surface area (Å²) < 4.78 is 32.6. The highest BCUT2D eigenvalue weighted by atomic mass is 32.2. The van der Waals surface area contributed by atoms with E-state index >= 15 is 0 Å². The van der Waals surface area contributed by atoms with Gasteiger partial charge >= 0.3 is 0 Å². The number of hydrogen-bond donors (Lipinski definition) is 2. The Balaban J connectivity index is 1.50. The standard InChI is InChI=1S/C19H33N3O4S/c1-17(2)7-14(8-18(3,4)21-17)20-16(23)19-11-22(9-13(19)10-26-12-19)27(24,25)15-5-6-15/h13-15,21H,5-12H2,1-4H3,(H,20,23)/t13?,19-/m1/s1. The molecule has 1 aliphatic carbocycles. The molecule has 0 radical (unpaired) electrons. The zero-order chi connectivity index (χ0) is 19.7. The van der Waals surface area contributed by atoms with Crippen LogP contribution in [0.3, 0.4) is 0 Å². The molecule has 27 heavy (non-hydrogen) atoms. The Hall–Kier alpha value is -0.700. The van der Waals surface area contributed by atoms with Gasteiger partial charge in [0, 0.05) is 36.1 Å². The number of nitrogens with one attached hydrogen (secondary N) is 2. The van der Waals surface area contributed by atoms with Crippen LogP contribution in [0.15, 0.2) is 0 Å². The number of carbonyl (C=O) groups is 1. The van der Waals surface area contributed by atoms with Gasteiger partial charge in [0.15, 0.2) is 0 Å². The average molecular weight is 400 g/mol. The van der Waals surface area contributed by atoms with Crippen molar-refractivity contribution in [1.29, 1.82) is 0 Å². The topological polar surface area (TPSA) is 87.7 Å². The van der Waals surface area contributed by atoms with Crippen molar-refractivity contribution in [2.24, 2.45) is 11.3 Å². The lowest BCUT2D eigenvalue weighted by Gasteiger charge is -2.47. The van der Waals surface area contributed by atoms with Crippen LogP contribution in [0.25, 0.3) is 0 Å². The molecule has 3 aliphatic heterocycles. The third kappa shape index (κ3) is 3.54. The van der Waals surface area contributed by atoms with E-state index in [0.717, 1.165) is 25.7 Å². The molecule has 1 unspecified atom stereocenters. The monoisotopic (exact) mass is 399 g/mol. The largest absolute Gasteiger partial charge is 0.380 e. The van der Waals surface area contributed by atoms with Crippen LogP contribution < -0.4 is 10.6 Å². The SMILES string of the molecule is CC1(C)CC(NC(=O)[C@]23COCC2CN(S(=O)(=O)C2CC2)C3)CC(C)(C)N1. The first kappa shape index (κ1) is 19.6. The number of carbonyl (C=O) groups excluding carboxylic acids is 1. The van der Waals surface area contributed by atoms with Crippen LogP contribution in [-0.2, 0) is 19.6 Å². The highest BCUT2D eigenvalue weighted by Crippen LogP contribution is 2.45. The van der Waals surface area contributed by atoms with Gasteiger partial charge in [-0.15, -0.1) is 0 Å². The minimum atomic E-state index is -3.26. The fraction of sp³-hybridized carbons (Fsp3) is 0.947. The second kappa shape index (κ2) is 6.15. The zero-order valence-corrected chi connectivity index (χ0v) is 17.7. The number of sulfonamides is 1. The van der Waals surface area contributed by atoms with Crippen molar-refractivity contribution in [3.8, 4) is 0 Å². The van der Waals surface area contributed by atoms with Crippen LogP contribution in [0.1, 0.15) is 53.4 Å². The molecule has 0 aromatic carbocycles. The molecule has 3 heterocycles. The Labute approximate surface area is 162 Å². The Morgan fingerprint density at radius 1 is 1.15 bits per heavy atom. The second-order valence-corrected chi connectivity index (χ2v) is 12.6. The second-order valence-electron chi connectivity index (χ2n) is 10.4. The molecule has 4 aliphatic rings. The fourth-order valence-electron chi connectivity index (χ4n) is 5.53. The van der Waals surface area contributed by atoms with Crippen molar-refractivity contribution in [2.45, 2.75) is 75.7 Å². The first-order chi connectivity index (χ1) is 12.4. The molecular formula is C19H33N3O4S. The summed E-state index contributed by atoms with van der Waals surface area (Å²) in [5.74, 6) is -0.0780. The normalized spacial score (nSPS) is 36.5. The van der Waals surface area contributed by atoms with Crippen molar-refractivity contribution in [3.63, 3.8) is 0 Å². The molecule has 0 aromatic rings. The Kier molecular flexibility index (Phi) is 4.46. The van der Waals surface area contributed by atoms with E-state index in [-0.39, 0.29) is 40.7 Å². The summed E-state index contributed by atoms with van der Waals surface area (Å²) in [6.07, 6.45) is 3.21. The third-order valence-electron chi connectivity index (χ3n) is 6.63. The van der Waals surface area contributed by atoms with E-state index in [2.05, 4.69) is 38.3 Å². The van der Waals surface area contributed by atoms with Crippen LogP contribution in [0.4, 0.5) is 0 Å². The molecule has 1 amide bonds. The van der Waals surface area contributed by atoms with Crippen molar-refractivity contribution in [2.75, 3.05) is 26.3 Å². The molecule has 2 atom stereocenters. The lowest BCUT2D eigenvalue weighted by molar-refractivity contribution is -0.132. The molecule has 0 spiro atoms. The number of rotatable bonds is 4. The van der Waals surface area contributed by atoms with Gasteiger partial charge in [-0.3, -0.25) is 4.79 Å². The van der Waals surface area contributed by atoms with E-state index in [9.17, 15) is 13.2 Å². The third-order valence-corrected chi connectivity index (χ3v) is 8.94. The van der Waals surface area contributed by atoms with E-state index in [1.54, 1.807) is 4.31 Å². The number of nitrogens with zero attached hydrogens (tertiary/aromatic N) is 1. The summed E-state index contributed by atoms with van der Waals surface area (Å²) in [5, 5.41) is 6.67. The number of piperidine rings is 1. The summed E-state index contributed by atoms with van der Waals surface area (Å²) in [4.78, 5) is 13.4. The van der Waals surface area contributed by atoms with E-state index in [1.807, 2.05) is 0 Å². The van der Waals surface area contributed by atoms with Gasteiger partial charge in [0.25, 0.3) is 0 Å². The summed E-state index contributed by atoms with van der Waals surface area (Å²) in [7, 11) is -3.26. The van der Waals surface area contributed by atoms with Crippen molar-refractivity contribution in [1.82, 2.24) is 14.9 Å². The quantitative estimate of drug-likeness (QED) is 0.732. The van der Waals surface area contributed by atoms with E-state index in [4.69, 9.17) is 4.74 Å². The van der Waals surface area contributed by atoms with Crippen molar-refractivity contribution < 1.29 is 17.9 Å². The van der Waals surface area contributed by atoms with Gasteiger partial charge in [-0.2, -0.15) is 0 Å². The lowest BCUT2D eigenvalue weighted by Crippen LogP contribution is -2.63. The highest BCUT2D eigenvalue weighted by molar-refractivity contribution is 7.90. The average Bonchev–Trinajstić information content (AvgIpc) is 3.16. The Bertz CT molecular complexity index is 715. The molecule has 8 heteroatoms. The van der Waals surface area contributed by atoms with Gasteiger partial charge in [0.05, 0.1) is 23.9 Å². The number of hydrogen-bond acceptors (Lipinski definition) is 5. The number of fused-ring (bicyclic) bond motifs is 1. The maximum atomic E-state index is 13.4. The minimum absolute atomic E-state index is 0.0306. The van der Waals surface area contributed by atoms with Crippen LogP contribution in [0.5, 0.6) is 0 Å². The summed E-state index contributed by atoms with van der Waals surface area (Å²) in [5.41, 5.74) is -0.846. The first-order valence-corrected chi connectivity index (χ1v) is 11.6. The predicted molar refractivity (Wildman–Crippen MR) is 103 cm³/mol. The van der Waals surface area contributed by atoms with Crippen molar-refractivity contribution >= 4 is 15.9 Å². The molecule has 4 fully saturated rings. The van der Waals surface area contributed by atoms with Crippen LogP contribution in [0, 0.1) is 11.3 Å². The van der Waals surface area contributed by atoms with Crippen LogP contribution in [-0.4, -0.2) is 67.3 Å². The van der Waals surface area contributed by atoms with Gasteiger partial charge < -0.3 is 15.4 Å². The van der Waals surface area contributed by atoms with Gasteiger partial charge in [0.1, 0.15) is 0 Å². The van der Waals surface area contributed by atoms with Gasteiger partial charge in [-0.25, -0.2) is 12.7 Å². The maximum absolute atomic E-state index is 13.4. The van der Waals surface area contributed by atoms with E-state index < -0.39 is 15.4 Å². The molecule has 154 valence electrons. The Morgan fingerprint density at radius 3 is 2.37 bits per heavy atom. The Morgan fingerprint density at radius 2 is 1.78 bits per heavy atom.